The van der Waals surface area contributed by atoms with Crippen LogP contribution in [0.5, 0.6) is 0 Å². The number of nitrogens with zero attached hydrogens (tertiary/aromatic N) is 3. The molecule has 1 heterocycles. The Kier molecular flexibility index (Phi) is 5.92. The first-order chi connectivity index (χ1) is 12.7. The van der Waals surface area contributed by atoms with Gasteiger partial charge >= 0.3 is 0 Å². The standard InChI is InChI=1S/C20H22ClN5/c1-3-26(4-2)16-11-9-15(10-12-16)23-19-13-14-22-20(25-19)24-18-8-6-5-7-17(18)21/h5-14H,3-4H2,1-2H3,(H2,22,23,24,25). The van der Waals surface area contributed by atoms with Gasteiger partial charge in [0.1, 0.15) is 5.82 Å². The zero-order chi connectivity index (χ0) is 18.4. The van der Waals surface area contributed by atoms with Crippen LogP contribution in [-0.4, -0.2) is 23.1 Å². The van der Waals surface area contributed by atoms with Gasteiger partial charge in [-0.15, -0.1) is 0 Å². The molecule has 0 saturated heterocycles. The molecule has 0 saturated carbocycles. The first-order valence-corrected chi connectivity index (χ1v) is 9.04. The van der Waals surface area contributed by atoms with Gasteiger partial charge in [0.15, 0.2) is 0 Å². The highest BCUT2D eigenvalue weighted by atomic mass is 35.5. The Labute approximate surface area is 159 Å². The summed E-state index contributed by atoms with van der Waals surface area (Å²) in [6.07, 6.45) is 1.71. The number of aromatic nitrogens is 2. The first-order valence-electron chi connectivity index (χ1n) is 8.66. The van der Waals surface area contributed by atoms with E-state index < -0.39 is 0 Å². The Morgan fingerprint density at radius 1 is 0.923 bits per heavy atom. The summed E-state index contributed by atoms with van der Waals surface area (Å²) in [5, 5.41) is 7.07. The predicted molar refractivity (Wildman–Crippen MR) is 110 cm³/mol. The number of nitrogens with one attached hydrogen (secondary N) is 2. The summed E-state index contributed by atoms with van der Waals surface area (Å²) in [6.45, 7) is 6.30. The van der Waals surface area contributed by atoms with Crippen molar-refractivity contribution in [3.05, 3.63) is 65.8 Å². The number of hydrogen-bond donors (Lipinski definition) is 2. The van der Waals surface area contributed by atoms with Gasteiger partial charge in [0.2, 0.25) is 5.95 Å². The van der Waals surface area contributed by atoms with E-state index in [0.717, 1.165) is 24.5 Å². The molecule has 0 unspecified atom stereocenters. The molecule has 0 aliphatic heterocycles. The Balaban J connectivity index is 1.72. The Morgan fingerprint density at radius 3 is 2.35 bits per heavy atom. The van der Waals surface area contributed by atoms with Crippen molar-refractivity contribution >= 4 is 40.4 Å². The average Bonchev–Trinajstić information content (AvgIpc) is 2.66. The van der Waals surface area contributed by atoms with Gasteiger partial charge in [-0.2, -0.15) is 4.98 Å². The maximum Gasteiger partial charge on any atom is 0.229 e. The second-order valence-corrected chi connectivity index (χ2v) is 6.12. The molecular weight excluding hydrogens is 346 g/mol. The van der Waals surface area contributed by atoms with Gasteiger partial charge in [-0.05, 0) is 56.3 Å². The summed E-state index contributed by atoms with van der Waals surface area (Å²) in [7, 11) is 0. The van der Waals surface area contributed by atoms with Crippen molar-refractivity contribution < 1.29 is 0 Å². The van der Waals surface area contributed by atoms with E-state index in [-0.39, 0.29) is 0 Å². The van der Waals surface area contributed by atoms with Crippen LogP contribution < -0.4 is 15.5 Å². The maximum atomic E-state index is 6.17. The van der Waals surface area contributed by atoms with Gasteiger partial charge in [-0.25, -0.2) is 4.98 Å². The molecule has 0 bridgehead atoms. The fourth-order valence-corrected chi connectivity index (χ4v) is 2.85. The van der Waals surface area contributed by atoms with Crippen LogP contribution in [0.4, 0.5) is 28.8 Å². The molecule has 2 N–H and O–H groups in total. The molecule has 134 valence electrons. The Morgan fingerprint density at radius 2 is 1.65 bits per heavy atom. The molecule has 5 nitrogen and oxygen atoms in total. The summed E-state index contributed by atoms with van der Waals surface area (Å²) >= 11 is 6.17. The Hall–Kier alpha value is -2.79. The molecule has 1 aromatic heterocycles. The lowest BCUT2D eigenvalue weighted by Gasteiger charge is -2.21. The summed E-state index contributed by atoms with van der Waals surface area (Å²) in [6, 6.07) is 17.7. The topological polar surface area (TPSA) is 53.1 Å². The Bertz CT molecular complexity index is 847. The van der Waals surface area contributed by atoms with Crippen molar-refractivity contribution in [2.45, 2.75) is 13.8 Å². The molecular formula is C20H22ClN5. The van der Waals surface area contributed by atoms with E-state index in [2.05, 4.69) is 63.6 Å². The van der Waals surface area contributed by atoms with E-state index in [1.807, 2.05) is 30.3 Å². The lowest BCUT2D eigenvalue weighted by Crippen LogP contribution is -2.21. The van der Waals surface area contributed by atoms with Crippen molar-refractivity contribution in [1.82, 2.24) is 9.97 Å². The third-order valence-corrected chi connectivity index (χ3v) is 4.37. The van der Waals surface area contributed by atoms with Crippen LogP contribution in [0, 0.1) is 0 Å². The minimum absolute atomic E-state index is 0.489. The van der Waals surface area contributed by atoms with E-state index >= 15 is 0 Å². The van der Waals surface area contributed by atoms with E-state index in [1.54, 1.807) is 6.20 Å². The molecule has 6 heteroatoms. The molecule has 0 aliphatic carbocycles. The summed E-state index contributed by atoms with van der Waals surface area (Å²) in [5.41, 5.74) is 2.96. The highest BCUT2D eigenvalue weighted by molar-refractivity contribution is 6.33. The van der Waals surface area contributed by atoms with Crippen LogP contribution in [0.15, 0.2) is 60.8 Å². The van der Waals surface area contributed by atoms with E-state index in [0.29, 0.717) is 16.8 Å². The second kappa shape index (κ2) is 8.54. The molecule has 0 fully saturated rings. The number of benzene rings is 2. The van der Waals surface area contributed by atoms with Gasteiger partial charge in [-0.3, -0.25) is 0 Å². The van der Waals surface area contributed by atoms with E-state index in [1.165, 1.54) is 5.69 Å². The van der Waals surface area contributed by atoms with E-state index in [9.17, 15) is 0 Å². The molecule has 2 aromatic carbocycles. The van der Waals surface area contributed by atoms with Crippen molar-refractivity contribution in [2.75, 3.05) is 28.6 Å². The third-order valence-electron chi connectivity index (χ3n) is 4.04. The second-order valence-electron chi connectivity index (χ2n) is 5.71. The average molecular weight is 368 g/mol. The summed E-state index contributed by atoms with van der Waals surface area (Å²) in [5.74, 6) is 1.20. The quantitative estimate of drug-likeness (QED) is 0.580. The highest BCUT2D eigenvalue weighted by Crippen LogP contribution is 2.24. The zero-order valence-corrected chi connectivity index (χ0v) is 15.7. The van der Waals surface area contributed by atoms with Crippen molar-refractivity contribution in [3.63, 3.8) is 0 Å². The van der Waals surface area contributed by atoms with Crippen LogP contribution in [0.3, 0.4) is 0 Å². The SMILES string of the molecule is CCN(CC)c1ccc(Nc2ccnc(Nc3ccccc3Cl)n2)cc1. The lowest BCUT2D eigenvalue weighted by atomic mass is 10.2. The van der Waals surface area contributed by atoms with Crippen molar-refractivity contribution in [3.8, 4) is 0 Å². The molecule has 3 rings (SSSR count). The molecule has 0 radical (unpaired) electrons. The third kappa shape index (κ3) is 4.43. The lowest BCUT2D eigenvalue weighted by molar-refractivity contribution is 0.866. The predicted octanol–water partition coefficient (Wildman–Crippen LogP) is 5.46. The number of rotatable bonds is 7. The fourth-order valence-electron chi connectivity index (χ4n) is 2.66. The largest absolute Gasteiger partial charge is 0.372 e. The smallest absolute Gasteiger partial charge is 0.229 e. The normalized spacial score (nSPS) is 10.4. The van der Waals surface area contributed by atoms with Gasteiger partial charge < -0.3 is 15.5 Å². The van der Waals surface area contributed by atoms with Gasteiger partial charge in [0, 0.05) is 30.7 Å². The van der Waals surface area contributed by atoms with Crippen molar-refractivity contribution in [1.29, 1.82) is 0 Å². The van der Waals surface area contributed by atoms with Gasteiger partial charge in [0.05, 0.1) is 10.7 Å². The fraction of sp³-hybridized carbons (Fsp3) is 0.200. The van der Waals surface area contributed by atoms with Crippen LogP contribution in [-0.2, 0) is 0 Å². The molecule has 26 heavy (non-hydrogen) atoms. The highest BCUT2D eigenvalue weighted by Gasteiger charge is 2.05. The van der Waals surface area contributed by atoms with Crippen LogP contribution in [0.25, 0.3) is 0 Å². The molecule has 3 aromatic rings. The minimum atomic E-state index is 0.489. The first kappa shape index (κ1) is 18.0. The molecule has 0 aliphatic rings. The zero-order valence-electron chi connectivity index (χ0n) is 14.9. The molecule has 0 amide bonds. The summed E-state index contributed by atoms with van der Waals surface area (Å²) in [4.78, 5) is 11.0. The van der Waals surface area contributed by atoms with Crippen LogP contribution >= 0.6 is 11.6 Å². The summed E-state index contributed by atoms with van der Waals surface area (Å²) < 4.78 is 0. The van der Waals surface area contributed by atoms with E-state index in [4.69, 9.17) is 11.6 Å². The maximum absolute atomic E-state index is 6.17. The minimum Gasteiger partial charge on any atom is -0.372 e. The number of para-hydroxylation sites is 1. The van der Waals surface area contributed by atoms with Crippen LogP contribution in [0.2, 0.25) is 5.02 Å². The van der Waals surface area contributed by atoms with Gasteiger partial charge in [0.25, 0.3) is 0 Å². The number of halogens is 1. The van der Waals surface area contributed by atoms with Crippen LogP contribution in [0.1, 0.15) is 13.8 Å². The monoisotopic (exact) mass is 367 g/mol. The van der Waals surface area contributed by atoms with Crippen molar-refractivity contribution in [2.24, 2.45) is 0 Å². The number of hydrogen-bond acceptors (Lipinski definition) is 5. The molecule has 0 atom stereocenters. The van der Waals surface area contributed by atoms with Gasteiger partial charge in [-0.1, -0.05) is 23.7 Å². The molecule has 0 spiro atoms. The number of anilines is 5.